The Morgan fingerprint density at radius 2 is 1.80 bits per heavy atom. The van der Waals surface area contributed by atoms with Gasteiger partial charge in [-0.05, 0) is 49.4 Å². The molecule has 8 heteroatoms. The molecule has 0 aliphatic carbocycles. The molecule has 1 unspecified atom stereocenters. The molecule has 0 aliphatic heterocycles. The number of amidine groups is 1. The number of hydrogen-bond donors (Lipinski definition) is 2. The van der Waals surface area contributed by atoms with Crippen molar-refractivity contribution in [3.8, 4) is 5.75 Å². The predicted molar refractivity (Wildman–Crippen MR) is 99.4 cm³/mol. The van der Waals surface area contributed by atoms with E-state index in [0.717, 1.165) is 0 Å². The fourth-order valence-electron chi connectivity index (χ4n) is 1.87. The molecule has 25 heavy (non-hydrogen) atoms. The molecule has 0 spiro atoms. The van der Waals surface area contributed by atoms with E-state index < -0.39 is 12.0 Å². The van der Waals surface area contributed by atoms with Crippen LogP contribution in [0.5, 0.6) is 5.75 Å². The SMILES string of the molecule is COc1ccc(Cl)cc1NC(=O)C(C)O/N=C(\N)c1ccc(Cl)cc1. The molecule has 132 valence electrons. The van der Waals surface area contributed by atoms with Crippen molar-refractivity contribution in [1.29, 1.82) is 0 Å². The Morgan fingerprint density at radius 1 is 1.16 bits per heavy atom. The molecule has 6 nitrogen and oxygen atoms in total. The van der Waals surface area contributed by atoms with Crippen LogP contribution >= 0.6 is 23.2 Å². The Labute approximate surface area is 155 Å². The standard InChI is InChI=1S/C17H17Cl2N3O3/c1-10(25-22-16(20)11-3-5-12(18)6-4-11)17(23)21-14-9-13(19)7-8-15(14)24-2/h3-10H,1-2H3,(H2,20,22)(H,21,23). The van der Waals surface area contributed by atoms with E-state index in [1.165, 1.54) is 7.11 Å². The second-order valence-electron chi connectivity index (χ2n) is 5.06. The maximum atomic E-state index is 12.2. The minimum atomic E-state index is -0.880. The van der Waals surface area contributed by atoms with Gasteiger partial charge >= 0.3 is 0 Å². The number of nitrogens with zero attached hydrogens (tertiary/aromatic N) is 1. The second kappa shape index (κ2) is 8.60. The summed E-state index contributed by atoms with van der Waals surface area (Å²) in [7, 11) is 1.50. The van der Waals surface area contributed by atoms with Gasteiger partial charge < -0.3 is 20.6 Å². The lowest BCUT2D eigenvalue weighted by atomic mass is 10.2. The molecular weight excluding hydrogens is 365 g/mol. The highest BCUT2D eigenvalue weighted by Crippen LogP contribution is 2.27. The van der Waals surface area contributed by atoms with Gasteiger partial charge in [-0.15, -0.1) is 0 Å². The van der Waals surface area contributed by atoms with Gasteiger partial charge in [0.2, 0.25) is 6.10 Å². The van der Waals surface area contributed by atoms with E-state index in [1.54, 1.807) is 49.4 Å². The number of nitrogens with two attached hydrogens (primary N) is 1. The quantitative estimate of drug-likeness (QED) is 0.454. The molecule has 0 bridgehead atoms. The summed E-state index contributed by atoms with van der Waals surface area (Å²) >= 11 is 11.7. The number of halogens is 2. The average Bonchev–Trinajstić information content (AvgIpc) is 2.60. The summed E-state index contributed by atoms with van der Waals surface area (Å²) in [4.78, 5) is 17.4. The fraction of sp³-hybridized carbons (Fsp3) is 0.176. The summed E-state index contributed by atoms with van der Waals surface area (Å²) in [6.07, 6.45) is -0.880. The largest absolute Gasteiger partial charge is 0.495 e. The lowest BCUT2D eigenvalue weighted by Crippen LogP contribution is -2.27. The van der Waals surface area contributed by atoms with E-state index >= 15 is 0 Å². The third-order valence-corrected chi connectivity index (χ3v) is 3.72. The molecule has 2 aromatic carbocycles. The molecule has 0 radical (unpaired) electrons. The number of oxime groups is 1. The summed E-state index contributed by atoms with van der Waals surface area (Å²) in [6, 6.07) is 11.7. The average molecular weight is 382 g/mol. The van der Waals surface area contributed by atoms with Crippen LogP contribution in [-0.2, 0) is 9.63 Å². The Morgan fingerprint density at radius 3 is 2.44 bits per heavy atom. The summed E-state index contributed by atoms with van der Waals surface area (Å²) in [5, 5.41) is 7.50. The minimum Gasteiger partial charge on any atom is -0.495 e. The molecule has 2 aromatic rings. The van der Waals surface area contributed by atoms with Crippen molar-refractivity contribution >= 4 is 40.6 Å². The van der Waals surface area contributed by atoms with Crippen molar-refractivity contribution in [2.24, 2.45) is 10.9 Å². The molecule has 3 N–H and O–H groups in total. The van der Waals surface area contributed by atoms with Gasteiger partial charge in [0, 0.05) is 15.6 Å². The van der Waals surface area contributed by atoms with Crippen molar-refractivity contribution in [1.82, 2.24) is 0 Å². The minimum absolute atomic E-state index is 0.136. The summed E-state index contributed by atoms with van der Waals surface area (Å²) in [5.74, 6) is 0.194. The zero-order valence-corrected chi connectivity index (χ0v) is 15.1. The van der Waals surface area contributed by atoms with E-state index in [0.29, 0.717) is 27.0 Å². The zero-order valence-electron chi connectivity index (χ0n) is 13.6. The van der Waals surface area contributed by atoms with Crippen LogP contribution in [0.2, 0.25) is 10.0 Å². The van der Waals surface area contributed by atoms with Gasteiger partial charge in [0.05, 0.1) is 12.8 Å². The highest BCUT2D eigenvalue weighted by molar-refractivity contribution is 6.31. The Bertz CT molecular complexity index is 779. The van der Waals surface area contributed by atoms with E-state index in [2.05, 4.69) is 10.5 Å². The second-order valence-corrected chi connectivity index (χ2v) is 5.94. The number of carbonyl (C=O) groups is 1. The van der Waals surface area contributed by atoms with Gasteiger partial charge in [-0.25, -0.2) is 0 Å². The Balaban J connectivity index is 2.02. The van der Waals surface area contributed by atoms with Crippen LogP contribution in [0.15, 0.2) is 47.6 Å². The fourth-order valence-corrected chi connectivity index (χ4v) is 2.17. The number of rotatable bonds is 6. The zero-order chi connectivity index (χ0) is 18.4. The number of anilines is 1. The molecule has 1 amide bonds. The first kappa shape index (κ1) is 18.9. The van der Waals surface area contributed by atoms with Gasteiger partial charge in [-0.2, -0.15) is 0 Å². The molecule has 0 saturated carbocycles. The van der Waals surface area contributed by atoms with Gasteiger partial charge in [0.25, 0.3) is 5.91 Å². The van der Waals surface area contributed by atoms with E-state index in [-0.39, 0.29) is 5.84 Å². The van der Waals surface area contributed by atoms with Gasteiger partial charge in [0.15, 0.2) is 5.84 Å². The molecule has 0 aliphatic rings. The summed E-state index contributed by atoms with van der Waals surface area (Å²) in [5.41, 5.74) is 6.89. The van der Waals surface area contributed by atoms with Gasteiger partial charge in [-0.3, -0.25) is 4.79 Å². The number of nitrogens with one attached hydrogen (secondary N) is 1. The van der Waals surface area contributed by atoms with E-state index in [4.69, 9.17) is 38.5 Å². The highest BCUT2D eigenvalue weighted by atomic mass is 35.5. The summed E-state index contributed by atoms with van der Waals surface area (Å²) in [6.45, 7) is 1.55. The van der Waals surface area contributed by atoms with Crippen molar-refractivity contribution in [3.05, 3.63) is 58.1 Å². The van der Waals surface area contributed by atoms with Gasteiger partial charge in [0.1, 0.15) is 5.75 Å². The van der Waals surface area contributed by atoms with Crippen LogP contribution in [0.25, 0.3) is 0 Å². The molecule has 0 heterocycles. The topological polar surface area (TPSA) is 85.9 Å². The van der Waals surface area contributed by atoms with Crippen LogP contribution in [0.4, 0.5) is 5.69 Å². The van der Waals surface area contributed by atoms with E-state index in [9.17, 15) is 4.79 Å². The van der Waals surface area contributed by atoms with Crippen molar-refractivity contribution in [2.75, 3.05) is 12.4 Å². The molecular formula is C17H17Cl2N3O3. The van der Waals surface area contributed by atoms with Crippen molar-refractivity contribution < 1.29 is 14.4 Å². The van der Waals surface area contributed by atoms with Crippen LogP contribution in [-0.4, -0.2) is 25.0 Å². The van der Waals surface area contributed by atoms with Crippen LogP contribution in [0, 0.1) is 0 Å². The Kier molecular flexibility index (Phi) is 6.50. The molecule has 2 rings (SSSR count). The number of methoxy groups -OCH3 is 1. The van der Waals surface area contributed by atoms with Crippen molar-refractivity contribution in [3.63, 3.8) is 0 Å². The number of hydrogen-bond acceptors (Lipinski definition) is 4. The third kappa shape index (κ3) is 5.27. The lowest BCUT2D eigenvalue weighted by Gasteiger charge is -2.13. The Hall–Kier alpha value is -2.44. The van der Waals surface area contributed by atoms with Gasteiger partial charge in [-0.1, -0.05) is 28.4 Å². The number of benzene rings is 2. The lowest BCUT2D eigenvalue weighted by molar-refractivity contribution is -0.126. The number of amides is 1. The highest BCUT2D eigenvalue weighted by Gasteiger charge is 2.17. The van der Waals surface area contributed by atoms with Crippen LogP contribution in [0.1, 0.15) is 12.5 Å². The first-order valence-electron chi connectivity index (χ1n) is 7.30. The molecule has 0 aromatic heterocycles. The van der Waals surface area contributed by atoms with E-state index in [1.807, 2.05) is 0 Å². The molecule has 1 atom stereocenters. The number of carbonyl (C=O) groups excluding carboxylic acids is 1. The van der Waals surface area contributed by atoms with Crippen molar-refractivity contribution in [2.45, 2.75) is 13.0 Å². The molecule has 0 fully saturated rings. The first-order valence-corrected chi connectivity index (χ1v) is 8.06. The number of ether oxygens (including phenoxy) is 1. The third-order valence-electron chi connectivity index (χ3n) is 3.24. The maximum Gasteiger partial charge on any atom is 0.268 e. The maximum absolute atomic E-state index is 12.2. The van der Waals surface area contributed by atoms with Crippen LogP contribution < -0.4 is 15.8 Å². The molecule has 0 saturated heterocycles. The van der Waals surface area contributed by atoms with Crippen LogP contribution in [0.3, 0.4) is 0 Å². The predicted octanol–water partition coefficient (Wildman–Crippen LogP) is 3.67. The smallest absolute Gasteiger partial charge is 0.268 e. The summed E-state index contributed by atoms with van der Waals surface area (Å²) < 4.78 is 5.17. The first-order chi connectivity index (χ1) is 11.9. The monoisotopic (exact) mass is 381 g/mol. The normalized spacial score (nSPS) is 12.4.